The minimum Gasteiger partial charge on any atom is -0.495 e. The molecule has 4 heterocycles. The summed E-state index contributed by atoms with van der Waals surface area (Å²) < 4.78 is 11.2. The van der Waals surface area contributed by atoms with Crippen molar-refractivity contribution in [2.75, 3.05) is 44.8 Å². The molecule has 0 aromatic carbocycles. The van der Waals surface area contributed by atoms with E-state index in [0.29, 0.717) is 30.3 Å². The first-order valence-electron chi connectivity index (χ1n) is 8.86. The lowest BCUT2D eigenvalue weighted by molar-refractivity contribution is -0.0246. The van der Waals surface area contributed by atoms with Crippen LogP contribution < -0.4 is 9.64 Å². The molecule has 8 heteroatoms. The molecule has 2 fully saturated rings. The molecule has 2 aliphatic rings. The molecular weight excluding hydrogens is 352 g/mol. The van der Waals surface area contributed by atoms with E-state index in [1.54, 1.807) is 13.3 Å². The third-order valence-corrected chi connectivity index (χ3v) is 5.66. The van der Waals surface area contributed by atoms with Crippen molar-refractivity contribution in [1.29, 1.82) is 0 Å². The van der Waals surface area contributed by atoms with Crippen LogP contribution in [0.4, 0.5) is 5.95 Å². The highest BCUT2D eigenvalue weighted by Gasteiger charge is 2.29. The third-order valence-electron chi connectivity index (χ3n) is 4.78. The van der Waals surface area contributed by atoms with Crippen molar-refractivity contribution in [3.05, 3.63) is 34.3 Å². The summed E-state index contributed by atoms with van der Waals surface area (Å²) in [6, 6.07) is 3.70. The maximum atomic E-state index is 12.9. The summed E-state index contributed by atoms with van der Waals surface area (Å²) in [5.41, 5.74) is 0.831. The van der Waals surface area contributed by atoms with E-state index in [4.69, 9.17) is 14.5 Å². The highest BCUT2D eigenvalue weighted by Crippen LogP contribution is 2.29. The van der Waals surface area contributed by atoms with E-state index in [1.165, 1.54) is 24.2 Å². The van der Waals surface area contributed by atoms with E-state index in [2.05, 4.69) is 9.88 Å². The first-order valence-corrected chi connectivity index (χ1v) is 9.74. The van der Waals surface area contributed by atoms with Gasteiger partial charge in [-0.15, -0.1) is 11.3 Å². The number of methoxy groups -OCH3 is 1. The molecule has 0 radical (unpaired) electrons. The summed E-state index contributed by atoms with van der Waals surface area (Å²) in [5.74, 6) is 1.37. The summed E-state index contributed by atoms with van der Waals surface area (Å²) in [6.07, 6.45) is 3.90. The zero-order valence-electron chi connectivity index (χ0n) is 14.8. The molecule has 138 valence electrons. The number of nitrogens with zero attached hydrogens (tertiary/aromatic N) is 4. The molecule has 0 saturated carbocycles. The topological polar surface area (TPSA) is 67.8 Å². The highest BCUT2D eigenvalue weighted by molar-refractivity contribution is 7.12. The molecule has 0 aliphatic carbocycles. The fourth-order valence-electron chi connectivity index (χ4n) is 3.38. The van der Waals surface area contributed by atoms with E-state index in [9.17, 15) is 4.79 Å². The summed E-state index contributed by atoms with van der Waals surface area (Å²) in [4.78, 5) is 26.6. The van der Waals surface area contributed by atoms with Crippen molar-refractivity contribution in [1.82, 2.24) is 14.9 Å². The average Bonchev–Trinajstić information content (AvgIpc) is 3.39. The van der Waals surface area contributed by atoms with Crippen LogP contribution in [0.1, 0.15) is 34.3 Å². The number of hydrogen-bond donors (Lipinski definition) is 0. The van der Waals surface area contributed by atoms with Gasteiger partial charge in [-0.3, -0.25) is 4.79 Å². The van der Waals surface area contributed by atoms with E-state index in [-0.39, 0.29) is 12.0 Å². The van der Waals surface area contributed by atoms with Crippen molar-refractivity contribution in [3.8, 4) is 5.75 Å². The molecule has 0 bridgehead atoms. The third kappa shape index (κ3) is 3.39. The lowest BCUT2D eigenvalue weighted by Crippen LogP contribution is -2.42. The minimum absolute atomic E-state index is 0.0148. The van der Waals surface area contributed by atoms with Crippen LogP contribution >= 0.6 is 11.3 Å². The summed E-state index contributed by atoms with van der Waals surface area (Å²) >= 11 is 1.40. The van der Waals surface area contributed by atoms with Gasteiger partial charge in [0.15, 0.2) is 0 Å². The van der Waals surface area contributed by atoms with Gasteiger partial charge >= 0.3 is 0 Å². The number of amides is 1. The Morgan fingerprint density at radius 3 is 2.96 bits per heavy atom. The van der Waals surface area contributed by atoms with Crippen LogP contribution in [0.3, 0.4) is 0 Å². The van der Waals surface area contributed by atoms with Crippen LogP contribution in [0.5, 0.6) is 5.75 Å². The van der Waals surface area contributed by atoms with Crippen LogP contribution in [0.15, 0.2) is 23.7 Å². The predicted molar refractivity (Wildman–Crippen MR) is 98.9 cm³/mol. The normalized spacial score (nSPS) is 20.4. The van der Waals surface area contributed by atoms with Crippen LogP contribution in [0.2, 0.25) is 0 Å². The molecule has 2 aliphatic heterocycles. The van der Waals surface area contributed by atoms with E-state index < -0.39 is 0 Å². The molecule has 7 nitrogen and oxygen atoms in total. The second-order valence-corrected chi connectivity index (χ2v) is 7.32. The Balaban J connectivity index is 1.50. The zero-order chi connectivity index (χ0) is 17.9. The number of carbonyl (C=O) groups excluding carboxylic acids is 1. The van der Waals surface area contributed by atoms with Gasteiger partial charge in [-0.1, -0.05) is 0 Å². The van der Waals surface area contributed by atoms with Gasteiger partial charge in [-0.25, -0.2) is 9.97 Å². The molecule has 4 rings (SSSR count). The quantitative estimate of drug-likeness (QED) is 0.818. The molecule has 2 aromatic heterocycles. The SMILES string of the molecule is COc1ccsc1C(=O)N1CCO[C@@H](c2ccnc(N3CCCC3)n2)C1. The Labute approximate surface area is 156 Å². The largest absolute Gasteiger partial charge is 0.495 e. The Morgan fingerprint density at radius 2 is 2.15 bits per heavy atom. The van der Waals surface area contributed by atoms with E-state index in [1.807, 2.05) is 22.4 Å². The van der Waals surface area contributed by atoms with E-state index in [0.717, 1.165) is 24.7 Å². The standard InChI is InChI=1S/C18H22N4O3S/c1-24-14-5-11-26-16(14)17(23)22-9-10-25-15(12-22)13-4-6-19-18(20-13)21-7-2-3-8-21/h4-6,11,15H,2-3,7-10,12H2,1H3/t15-/m1/s1. The lowest BCUT2D eigenvalue weighted by Gasteiger charge is -2.32. The van der Waals surface area contributed by atoms with Gasteiger partial charge in [0.1, 0.15) is 16.7 Å². The number of aromatic nitrogens is 2. The van der Waals surface area contributed by atoms with Gasteiger partial charge in [0.25, 0.3) is 5.91 Å². The Bertz CT molecular complexity index is 775. The number of anilines is 1. The number of hydrogen-bond acceptors (Lipinski definition) is 7. The molecule has 2 saturated heterocycles. The van der Waals surface area contributed by atoms with Crippen LogP contribution in [0, 0.1) is 0 Å². The van der Waals surface area contributed by atoms with Crippen LogP contribution in [0.25, 0.3) is 0 Å². The van der Waals surface area contributed by atoms with Crippen molar-refractivity contribution >= 4 is 23.2 Å². The number of morpholine rings is 1. The number of ether oxygens (including phenoxy) is 2. The van der Waals surface area contributed by atoms with Gasteiger partial charge in [-0.2, -0.15) is 0 Å². The van der Waals surface area contributed by atoms with Crippen molar-refractivity contribution in [2.45, 2.75) is 18.9 Å². The first kappa shape index (κ1) is 17.2. The van der Waals surface area contributed by atoms with Gasteiger partial charge in [0.2, 0.25) is 5.95 Å². The van der Waals surface area contributed by atoms with Gasteiger partial charge < -0.3 is 19.3 Å². The lowest BCUT2D eigenvalue weighted by atomic mass is 10.2. The monoisotopic (exact) mass is 374 g/mol. The molecule has 0 spiro atoms. The Morgan fingerprint density at radius 1 is 1.31 bits per heavy atom. The van der Waals surface area contributed by atoms with Crippen molar-refractivity contribution in [3.63, 3.8) is 0 Å². The van der Waals surface area contributed by atoms with Crippen LogP contribution in [-0.4, -0.2) is 60.7 Å². The second-order valence-electron chi connectivity index (χ2n) is 6.40. The zero-order valence-corrected chi connectivity index (χ0v) is 15.6. The maximum absolute atomic E-state index is 12.9. The van der Waals surface area contributed by atoms with Crippen molar-refractivity contribution in [2.24, 2.45) is 0 Å². The average molecular weight is 374 g/mol. The molecule has 1 atom stereocenters. The summed E-state index contributed by atoms with van der Waals surface area (Å²) in [7, 11) is 1.59. The minimum atomic E-state index is -0.233. The number of thiophene rings is 1. The smallest absolute Gasteiger partial charge is 0.267 e. The second kappa shape index (κ2) is 7.59. The van der Waals surface area contributed by atoms with Gasteiger partial charge in [-0.05, 0) is 30.4 Å². The molecule has 1 amide bonds. The Hall–Kier alpha value is -2.19. The molecule has 0 N–H and O–H groups in total. The Kier molecular flexibility index (Phi) is 5.03. The van der Waals surface area contributed by atoms with Crippen molar-refractivity contribution < 1.29 is 14.3 Å². The predicted octanol–water partition coefficient (Wildman–Crippen LogP) is 2.36. The molecule has 2 aromatic rings. The van der Waals surface area contributed by atoms with E-state index >= 15 is 0 Å². The van der Waals surface area contributed by atoms with Gasteiger partial charge in [0, 0.05) is 25.8 Å². The number of rotatable bonds is 4. The van der Waals surface area contributed by atoms with Gasteiger partial charge in [0.05, 0.1) is 26.0 Å². The van der Waals surface area contributed by atoms with Crippen LogP contribution in [-0.2, 0) is 4.74 Å². The maximum Gasteiger partial charge on any atom is 0.267 e. The number of carbonyl (C=O) groups is 1. The summed E-state index contributed by atoms with van der Waals surface area (Å²) in [6.45, 7) is 3.54. The molecular formula is C18H22N4O3S. The molecule has 0 unspecified atom stereocenters. The fourth-order valence-corrected chi connectivity index (χ4v) is 4.21. The first-order chi connectivity index (χ1) is 12.8. The fraction of sp³-hybridized carbons (Fsp3) is 0.500. The molecule has 26 heavy (non-hydrogen) atoms. The summed E-state index contributed by atoms with van der Waals surface area (Å²) in [5, 5.41) is 1.87. The highest BCUT2D eigenvalue weighted by atomic mass is 32.1.